The van der Waals surface area contributed by atoms with E-state index in [1.165, 1.54) is 25.7 Å². The summed E-state index contributed by atoms with van der Waals surface area (Å²) in [6.07, 6.45) is 5.24. The highest BCUT2D eigenvalue weighted by Gasteiger charge is 2.18. The number of benzene rings is 1. The lowest BCUT2D eigenvalue weighted by Crippen LogP contribution is -2.25. The zero-order valence-electron chi connectivity index (χ0n) is 9.67. The molecule has 1 aromatic carbocycles. The minimum atomic E-state index is 0.297. The van der Waals surface area contributed by atoms with E-state index >= 15 is 0 Å². The van der Waals surface area contributed by atoms with Crippen molar-refractivity contribution in [1.29, 1.82) is 0 Å². The third-order valence-corrected chi connectivity index (χ3v) is 3.83. The molecule has 2 aliphatic rings. The van der Waals surface area contributed by atoms with Gasteiger partial charge in [0.15, 0.2) is 11.5 Å². The molecular formula is C13H16ClNO2. The van der Waals surface area contributed by atoms with Crippen LogP contribution in [0.1, 0.15) is 31.2 Å². The third-order valence-electron chi connectivity index (χ3n) is 3.48. The monoisotopic (exact) mass is 253 g/mol. The number of rotatable bonds is 3. The van der Waals surface area contributed by atoms with Crippen LogP contribution in [-0.4, -0.2) is 12.8 Å². The summed E-state index contributed by atoms with van der Waals surface area (Å²) in [5.41, 5.74) is 1.09. The minimum Gasteiger partial charge on any atom is -0.454 e. The van der Waals surface area contributed by atoms with Gasteiger partial charge in [0.1, 0.15) is 0 Å². The van der Waals surface area contributed by atoms with Crippen LogP contribution in [-0.2, 0) is 6.54 Å². The fraction of sp³-hybridized carbons (Fsp3) is 0.538. The van der Waals surface area contributed by atoms with Gasteiger partial charge in [0.2, 0.25) is 6.79 Å². The molecule has 0 spiro atoms. The first-order valence-electron chi connectivity index (χ1n) is 6.14. The van der Waals surface area contributed by atoms with Crippen LogP contribution in [0.2, 0.25) is 5.02 Å². The van der Waals surface area contributed by atoms with Crippen molar-refractivity contribution in [2.75, 3.05) is 6.79 Å². The van der Waals surface area contributed by atoms with E-state index in [9.17, 15) is 0 Å². The SMILES string of the molecule is Clc1cc2c(cc1CNC1CCCC1)OCO2. The summed E-state index contributed by atoms with van der Waals surface area (Å²) in [6, 6.07) is 4.47. The highest BCUT2D eigenvalue weighted by molar-refractivity contribution is 6.31. The summed E-state index contributed by atoms with van der Waals surface area (Å²) in [5, 5.41) is 4.30. The van der Waals surface area contributed by atoms with Gasteiger partial charge < -0.3 is 14.8 Å². The van der Waals surface area contributed by atoms with Gasteiger partial charge in [-0.1, -0.05) is 24.4 Å². The summed E-state index contributed by atoms with van der Waals surface area (Å²) < 4.78 is 10.6. The van der Waals surface area contributed by atoms with Gasteiger partial charge in [0.05, 0.1) is 0 Å². The van der Waals surface area contributed by atoms with Crippen molar-refractivity contribution < 1.29 is 9.47 Å². The lowest BCUT2D eigenvalue weighted by atomic mass is 10.1. The molecule has 1 aliphatic heterocycles. The molecule has 1 fully saturated rings. The van der Waals surface area contributed by atoms with Crippen LogP contribution >= 0.6 is 11.6 Å². The Bertz CT molecular complexity index is 416. The molecule has 0 saturated heterocycles. The Labute approximate surface area is 106 Å². The van der Waals surface area contributed by atoms with Gasteiger partial charge in [-0.25, -0.2) is 0 Å². The molecule has 92 valence electrons. The minimum absolute atomic E-state index is 0.297. The van der Waals surface area contributed by atoms with Gasteiger partial charge in [-0.05, 0) is 24.5 Å². The molecule has 1 aromatic rings. The van der Waals surface area contributed by atoms with Crippen molar-refractivity contribution in [2.45, 2.75) is 38.3 Å². The normalized spacial score (nSPS) is 18.9. The fourth-order valence-corrected chi connectivity index (χ4v) is 2.70. The molecule has 1 aliphatic carbocycles. The number of halogens is 1. The summed E-state index contributed by atoms with van der Waals surface area (Å²) in [7, 11) is 0. The summed E-state index contributed by atoms with van der Waals surface area (Å²) in [4.78, 5) is 0. The van der Waals surface area contributed by atoms with E-state index in [2.05, 4.69) is 5.32 Å². The number of hydrogen-bond donors (Lipinski definition) is 1. The lowest BCUT2D eigenvalue weighted by Gasteiger charge is -2.13. The van der Waals surface area contributed by atoms with Crippen LogP contribution in [0.5, 0.6) is 11.5 Å². The van der Waals surface area contributed by atoms with Gasteiger partial charge in [-0.2, -0.15) is 0 Å². The standard InChI is InChI=1S/C13H16ClNO2/c14-11-6-13-12(16-8-17-13)5-9(11)7-15-10-3-1-2-4-10/h5-6,10,15H,1-4,7-8H2. The topological polar surface area (TPSA) is 30.5 Å². The maximum Gasteiger partial charge on any atom is 0.231 e. The predicted molar refractivity (Wildman–Crippen MR) is 66.7 cm³/mol. The molecule has 0 amide bonds. The van der Waals surface area contributed by atoms with Crippen LogP contribution in [0.3, 0.4) is 0 Å². The highest BCUT2D eigenvalue weighted by atomic mass is 35.5. The molecule has 0 unspecified atom stereocenters. The quantitative estimate of drug-likeness (QED) is 0.898. The van der Waals surface area contributed by atoms with Gasteiger partial charge in [0, 0.05) is 23.7 Å². The van der Waals surface area contributed by atoms with E-state index in [0.717, 1.165) is 28.6 Å². The predicted octanol–water partition coefficient (Wildman–Crippen LogP) is 3.10. The first-order valence-corrected chi connectivity index (χ1v) is 6.52. The molecule has 0 bridgehead atoms. The molecule has 17 heavy (non-hydrogen) atoms. The van der Waals surface area contributed by atoms with Crippen LogP contribution < -0.4 is 14.8 Å². The van der Waals surface area contributed by atoms with E-state index in [1.54, 1.807) is 0 Å². The molecular weight excluding hydrogens is 238 g/mol. The molecule has 1 heterocycles. The number of nitrogens with one attached hydrogen (secondary N) is 1. The Kier molecular flexibility index (Phi) is 3.12. The average molecular weight is 254 g/mol. The Morgan fingerprint density at radius 3 is 2.65 bits per heavy atom. The zero-order chi connectivity index (χ0) is 11.7. The first-order chi connectivity index (χ1) is 8.33. The average Bonchev–Trinajstić information content (AvgIpc) is 2.95. The number of hydrogen-bond acceptors (Lipinski definition) is 3. The smallest absolute Gasteiger partial charge is 0.231 e. The Balaban J connectivity index is 1.69. The van der Waals surface area contributed by atoms with Gasteiger partial charge in [-0.3, -0.25) is 0 Å². The molecule has 1 saturated carbocycles. The molecule has 0 atom stereocenters. The second-order valence-corrected chi connectivity index (χ2v) is 5.07. The molecule has 4 heteroatoms. The maximum absolute atomic E-state index is 6.22. The molecule has 0 aromatic heterocycles. The maximum atomic E-state index is 6.22. The van der Waals surface area contributed by atoms with Gasteiger partial charge >= 0.3 is 0 Å². The third kappa shape index (κ3) is 2.35. The summed E-state index contributed by atoms with van der Waals surface area (Å²) in [5.74, 6) is 1.55. The van der Waals surface area contributed by atoms with Crippen molar-refractivity contribution in [3.63, 3.8) is 0 Å². The summed E-state index contributed by atoms with van der Waals surface area (Å²) in [6.45, 7) is 1.10. The molecule has 1 N–H and O–H groups in total. The van der Waals surface area contributed by atoms with Crippen LogP contribution in [0.4, 0.5) is 0 Å². The Morgan fingerprint density at radius 2 is 1.88 bits per heavy atom. The fourth-order valence-electron chi connectivity index (χ4n) is 2.48. The van der Waals surface area contributed by atoms with E-state index in [0.29, 0.717) is 12.8 Å². The van der Waals surface area contributed by atoms with Crippen molar-refractivity contribution in [1.82, 2.24) is 5.32 Å². The van der Waals surface area contributed by atoms with E-state index in [1.807, 2.05) is 12.1 Å². The Morgan fingerprint density at radius 1 is 1.18 bits per heavy atom. The van der Waals surface area contributed by atoms with Crippen molar-refractivity contribution in [3.8, 4) is 11.5 Å². The lowest BCUT2D eigenvalue weighted by molar-refractivity contribution is 0.174. The van der Waals surface area contributed by atoms with E-state index in [-0.39, 0.29) is 0 Å². The first kappa shape index (κ1) is 11.2. The second kappa shape index (κ2) is 4.75. The van der Waals surface area contributed by atoms with Crippen molar-refractivity contribution in [3.05, 3.63) is 22.7 Å². The van der Waals surface area contributed by atoms with Crippen LogP contribution in [0.25, 0.3) is 0 Å². The molecule has 3 nitrogen and oxygen atoms in total. The summed E-state index contributed by atoms with van der Waals surface area (Å²) >= 11 is 6.22. The van der Waals surface area contributed by atoms with E-state index in [4.69, 9.17) is 21.1 Å². The van der Waals surface area contributed by atoms with Gasteiger partial charge in [0.25, 0.3) is 0 Å². The van der Waals surface area contributed by atoms with Crippen LogP contribution in [0, 0.1) is 0 Å². The van der Waals surface area contributed by atoms with Crippen molar-refractivity contribution >= 4 is 11.6 Å². The van der Waals surface area contributed by atoms with Gasteiger partial charge in [-0.15, -0.1) is 0 Å². The van der Waals surface area contributed by atoms with Crippen molar-refractivity contribution in [2.24, 2.45) is 0 Å². The zero-order valence-corrected chi connectivity index (χ0v) is 10.4. The van der Waals surface area contributed by atoms with Crippen LogP contribution in [0.15, 0.2) is 12.1 Å². The Hall–Kier alpha value is -0.930. The van der Waals surface area contributed by atoms with E-state index < -0.39 is 0 Å². The molecule has 3 rings (SSSR count). The number of ether oxygens (including phenoxy) is 2. The molecule has 0 radical (unpaired) electrons. The highest BCUT2D eigenvalue weighted by Crippen LogP contribution is 2.36. The largest absolute Gasteiger partial charge is 0.454 e. The second-order valence-electron chi connectivity index (χ2n) is 4.66. The number of fused-ring (bicyclic) bond motifs is 1.